The van der Waals surface area contributed by atoms with Crippen LogP contribution in [0.1, 0.15) is 22.7 Å². The lowest BCUT2D eigenvalue weighted by atomic mass is 10.3. The summed E-state index contributed by atoms with van der Waals surface area (Å²) in [7, 11) is 0. The fraction of sp³-hybridized carbons (Fsp3) is 0.583. The molecule has 0 aliphatic carbocycles. The van der Waals surface area contributed by atoms with Crippen LogP contribution in [-0.2, 0) is 6.54 Å². The van der Waals surface area contributed by atoms with E-state index in [2.05, 4.69) is 34.3 Å². The maximum Gasteiger partial charge on any atom is 0.194 e. The Balaban J connectivity index is 1.90. The Hall–Kier alpha value is -0.910. The highest BCUT2D eigenvalue weighted by molar-refractivity contribution is 7.17. The summed E-state index contributed by atoms with van der Waals surface area (Å²) < 4.78 is 2.19. The van der Waals surface area contributed by atoms with Crippen molar-refractivity contribution in [2.24, 2.45) is 0 Å². The van der Waals surface area contributed by atoms with Gasteiger partial charge in [0.15, 0.2) is 4.96 Å². The number of rotatable bonds is 2. The maximum atomic E-state index is 9.55. The molecule has 3 rings (SSSR count). The average molecular weight is 251 g/mol. The predicted molar refractivity (Wildman–Crippen MR) is 68.4 cm³/mol. The van der Waals surface area contributed by atoms with Crippen LogP contribution in [0.3, 0.4) is 0 Å². The lowest BCUT2D eigenvalue weighted by Gasteiger charge is -2.14. The summed E-state index contributed by atoms with van der Waals surface area (Å²) in [6, 6.07) is 0. The van der Waals surface area contributed by atoms with Gasteiger partial charge in [0.2, 0.25) is 0 Å². The van der Waals surface area contributed by atoms with E-state index < -0.39 is 0 Å². The third kappa shape index (κ3) is 1.99. The molecule has 1 fully saturated rings. The third-order valence-electron chi connectivity index (χ3n) is 3.36. The van der Waals surface area contributed by atoms with E-state index in [1.807, 2.05) is 0 Å². The molecule has 0 bridgehead atoms. The number of fused-ring (bicyclic) bond motifs is 1. The van der Waals surface area contributed by atoms with E-state index in [9.17, 15) is 5.11 Å². The van der Waals surface area contributed by atoms with Crippen molar-refractivity contribution in [1.82, 2.24) is 14.3 Å². The van der Waals surface area contributed by atoms with Gasteiger partial charge >= 0.3 is 0 Å². The van der Waals surface area contributed by atoms with Crippen molar-refractivity contribution in [2.75, 3.05) is 13.1 Å². The molecular weight excluding hydrogens is 234 g/mol. The smallest absolute Gasteiger partial charge is 0.194 e. The summed E-state index contributed by atoms with van der Waals surface area (Å²) in [6.45, 7) is 6.84. The maximum absolute atomic E-state index is 9.55. The van der Waals surface area contributed by atoms with Gasteiger partial charge < -0.3 is 5.11 Å². The Bertz CT molecular complexity index is 545. The highest BCUT2D eigenvalue weighted by atomic mass is 32.1. The van der Waals surface area contributed by atoms with Crippen LogP contribution in [-0.4, -0.2) is 38.6 Å². The summed E-state index contributed by atoms with van der Waals surface area (Å²) in [6.07, 6.45) is 2.90. The van der Waals surface area contributed by atoms with Gasteiger partial charge in [-0.05, 0) is 20.3 Å². The minimum atomic E-state index is -0.150. The molecule has 3 heterocycles. The Labute approximate surface area is 105 Å². The van der Waals surface area contributed by atoms with Gasteiger partial charge in [0.25, 0.3) is 0 Å². The number of β-amino-alcohol motifs (C(OH)–C–C–N with tert-alkyl or cyclic N) is 1. The Morgan fingerprint density at radius 2 is 2.35 bits per heavy atom. The first-order chi connectivity index (χ1) is 8.13. The summed E-state index contributed by atoms with van der Waals surface area (Å²) >= 11 is 1.73. The molecule has 1 saturated heterocycles. The Morgan fingerprint density at radius 1 is 1.53 bits per heavy atom. The van der Waals surface area contributed by atoms with E-state index in [1.165, 1.54) is 10.6 Å². The Morgan fingerprint density at radius 3 is 3.06 bits per heavy atom. The lowest BCUT2D eigenvalue weighted by Crippen LogP contribution is -2.22. The zero-order valence-corrected chi connectivity index (χ0v) is 11.0. The molecule has 92 valence electrons. The molecule has 1 aliphatic rings. The standard InChI is InChI=1S/C12H17N3OS/c1-8-5-15-11(9(2)13-12(15)17-8)7-14-4-3-10(16)6-14/h5,10,16H,3-4,6-7H2,1-2H3/t10-/m1/s1. The molecule has 0 spiro atoms. The van der Waals surface area contributed by atoms with Crippen LogP contribution in [0.5, 0.6) is 0 Å². The van der Waals surface area contributed by atoms with Crippen LogP contribution in [0.25, 0.3) is 4.96 Å². The number of aliphatic hydroxyl groups excluding tert-OH is 1. The highest BCUT2D eigenvalue weighted by Gasteiger charge is 2.22. The zero-order chi connectivity index (χ0) is 12.0. The molecule has 2 aromatic rings. The molecule has 0 aromatic carbocycles. The lowest BCUT2D eigenvalue weighted by molar-refractivity contribution is 0.174. The van der Waals surface area contributed by atoms with Gasteiger partial charge in [-0.3, -0.25) is 9.30 Å². The van der Waals surface area contributed by atoms with Crippen LogP contribution in [0.15, 0.2) is 6.20 Å². The number of thiazole rings is 1. The van der Waals surface area contributed by atoms with E-state index in [1.54, 1.807) is 11.3 Å². The van der Waals surface area contributed by atoms with Crippen molar-refractivity contribution in [2.45, 2.75) is 32.9 Å². The van der Waals surface area contributed by atoms with Crippen molar-refractivity contribution in [3.8, 4) is 0 Å². The topological polar surface area (TPSA) is 40.8 Å². The molecule has 1 N–H and O–H groups in total. The zero-order valence-electron chi connectivity index (χ0n) is 10.2. The number of imidazole rings is 1. The summed E-state index contributed by atoms with van der Waals surface area (Å²) in [4.78, 5) is 9.25. The average Bonchev–Trinajstić information content (AvgIpc) is 2.87. The normalized spacial score (nSPS) is 21.7. The minimum absolute atomic E-state index is 0.150. The molecular formula is C12H17N3OS. The molecule has 0 radical (unpaired) electrons. The minimum Gasteiger partial charge on any atom is -0.392 e. The fourth-order valence-electron chi connectivity index (χ4n) is 2.47. The first kappa shape index (κ1) is 11.2. The second-order valence-electron chi connectivity index (χ2n) is 4.82. The van der Waals surface area contributed by atoms with Gasteiger partial charge in [-0.2, -0.15) is 0 Å². The number of hydrogen-bond donors (Lipinski definition) is 1. The van der Waals surface area contributed by atoms with E-state index in [0.29, 0.717) is 0 Å². The van der Waals surface area contributed by atoms with Crippen LogP contribution in [0.2, 0.25) is 0 Å². The molecule has 4 nitrogen and oxygen atoms in total. The van der Waals surface area contributed by atoms with E-state index in [4.69, 9.17) is 0 Å². The molecule has 1 atom stereocenters. The van der Waals surface area contributed by atoms with Crippen molar-refractivity contribution in [1.29, 1.82) is 0 Å². The number of aryl methyl sites for hydroxylation is 2. The first-order valence-corrected chi connectivity index (χ1v) is 6.79. The van der Waals surface area contributed by atoms with Crippen molar-refractivity contribution in [3.05, 3.63) is 22.5 Å². The summed E-state index contributed by atoms with van der Waals surface area (Å²) in [5, 5.41) is 9.55. The number of nitrogens with zero attached hydrogens (tertiary/aromatic N) is 3. The van der Waals surface area contributed by atoms with Crippen molar-refractivity contribution < 1.29 is 5.11 Å². The highest BCUT2D eigenvalue weighted by Crippen LogP contribution is 2.22. The number of aromatic nitrogens is 2. The molecule has 1 aliphatic heterocycles. The van der Waals surface area contributed by atoms with E-state index in [-0.39, 0.29) is 6.10 Å². The molecule has 0 amide bonds. The van der Waals surface area contributed by atoms with Gasteiger partial charge in [-0.25, -0.2) is 4.98 Å². The quantitative estimate of drug-likeness (QED) is 0.881. The van der Waals surface area contributed by atoms with Crippen LogP contribution in [0, 0.1) is 13.8 Å². The van der Waals surface area contributed by atoms with Gasteiger partial charge in [-0.1, -0.05) is 0 Å². The van der Waals surface area contributed by atoms with Crippen molar-refractivity contribution in [3.63, 3.8) is 0 Å². The molecule has 17 heavy (non-hydrogen) atoms. The monoisotopic (exact) mass is 251 g/mol. The van der Waals surface area contributed by atoms with Crippen molar-refractivity contribution >= 4 is 16.3 Å². The van der Waals surface area contributed by atoms with Gasteiger partial charge in [0.1, 0.15) is 0 Å². The second kappa shape index (κ2) is 4.08. The fourth-order valence-corrected chi connectivity index (χ4v) is 3.36. The predicted octanol–water partition coefficient (Wildman–Crippen LogP) is 1.58. The molecule has 0 saturated carbocycles. The molecule has 2 aromatic heterocycles. The second-order valence-corrected chi connectivity index (χ2v) is 6.03. The van der Waals surface area contributed by atoms with E-state index in [0.717, 1.165) is 36.7 Å². The third-order valence-corrected chi connectivity index (χ3v) is 4.26. The van der Waals surface area contributed by atoms with Gasteiger partial charge in [0.05, 0.1) is 17.5 Å². The molecule has 0 unspecified atom stereocenters. The summed E-state index contributed by atoms with van der Waals surface area (Å²) in [5.74, 6) is 0. The molecule has 5 heteroatoms. The Kier molecular flexibility index (Phi) is 2.69. The van der Waals surface area contributed by atoms with Crippen LogP contribution in [0.4, 0.5) is 0 Å². The largest absolute Gasteiger partial charge is 0.392 e. The van der Waals surface area contributed by atoms with E-state index >= 15 is 0 Å². The van der Waals surface area contributed by atoms with Crippen LogP contribution >= 0.6 is 11.3 Å². The van der Waals surface area contributed by atoms with Gasteiger partial charge in [-0.15, -0.1) is 11.3 Å². The number of likely N-dealkylation sites (tertiary alicyclic amines) is 1. The van der Waals surface area contributed by atoms with Crippen LogP contribution < -0.4 is 0 Å². The summed E-state index contributed by atoms with van der Waals surface area (Å²) in [5.41, 5.74) is 2.37. The number of hydrogen-bond acceptors (Lipinski definition) is 4. The first-order valence-electron chi connectivity index (χ1n) is 5.98. The SMILES string of the molecule is Cc1cn2c(CN3CC[C@@H](O)C3)c(C)nc2s1. The number of aliphatic hydroxyl groups is 1. The van der Waals surface area contributed by atoms with Gasteiger partial charge in [0, 0.05) is 30.7 Å².